The van der Waals surface area contributed by atoms with Gasteiger partial charge in [-0.2, -0.15) is 0 Å². The number of halogens is 1. The second-order valence-corrected chi connectivity index (χ2v) is 8.45. The number of cyclic esters (lactones) is 1. The molecular formula is C16H30INO5. The molecule has 1 aliphatic rings. The number of hydrogen-bond donors (Lipinski definition) is 3. The van der Waals surface area contributed by atoms with Crippen LogP contribution in [0.15, 0.2) is 0 Å². The van der Waals surface area contributed by atoms with Gasteiger partial charge in [0.2, 0.25) is 0 Å². The minimum atomic E-state index is -1.18. The summed E-state index contributed by atoms with van der Waals surface area (Å²) in [5.41, 5.74) is -0.802. The molecule has 0 bridgehead atoms. The van der Waals surface area contributed by atoms with E-state index in [1.54, 1.807) is 18.9 Å². The van der Waals surface area contributed by atoms with E-state index in [-0.39, 0.29) is 17.8 Å². The molecule has 0 aromatic rings. The Morgan fingerprint density at radius 3 is 2.57 bits per heavy atom. The van der Waals surface area contributed by atoms with Gasteiger partial charge in [-0.05, 0) is 68.2 Å². The Hall–Kier alpha value is 0.0400. The van der Waals surface area contributed by atoms with Crippen LogP contribution in [0.2, 0.25) is 0 Å². The summed E-state index contributed by atoms with van der Waals surface area (Å²) in [5.74, 6) is -0.513. The Labute approximate surface area is 152 Å². The highest BCUT2D eigenvalue weighted by Gasteiger charge is 2.33. The minimum absolute atomic E-state index is 0.191. The number of aliphatic hydroxyl groups excluding tert-OH is 2. The molecule has 0 saturated carbocycles. The number of likely N-dealkylation sites (N-methyl/N-ethyl adjacent to an activating group) is 1. The Morgan fingerprint density at radius 1 is 1.35 bits per heavy atom. The standard InChI is InChI=1S/C16H30INO5/c1-10-8-11(2)15(21)23-13(17)12(19)14(20)18(4)7-5-6-16(3,22)9-10/h10-14,19-20,22H,5-9H2,1-4H3/t10-,11+,12+,13-,14-,16+/m0/s1. The zero-order valence-corrected chi connectivity index (χ0v) is 16.6. The van der Waals surface area contributed by atoms with Crippen LogP contribution in [0.25, 0.3) is 0 Å². The van der Waals surface area contributed by atoms with Crippen molar-refractivity contribution in [2.45, 2.75) is 68.5 Å². The summed E-state index contributed by atoms with van der Waals surface area (Å²) in [6.45, 7) is 6.16. The molecule has 1 heterocycles. The molecule has 1 saturated heterocycles. The van der Waals surface area contributed by atoms with Gasteiger partial charge in [-0.25, -0.2) is 0 Å². The smallest absolute Gasteiger partial charge is 0.309 e. The van der Waals surface area contributed by atoms with E-state index in [9.17, 15) is 20.1 Å². The second-order valence-electron chi connectivity index (χ2n) is 7.22. The Bertz CT molecular complexity index is 393. The van der Waals surface area contributed by atoms with Crippen molar-refractivity contribution in [1.29, 1.82) is 0 Å². The van der Waals surface area contributed by atoms with Crippen molar-refractivity contribution < 1.29 is 24.9 Å². The second kappa shape index (κ2) is 8.94. The summed E-state index contributed by atoms with van der Waals surface area (Å²) >= 11 is 1.84. The highest BCUT2D eigenvalue weighted by Crippen LogP contribution is 2.28. The number of nitrogens with zero attached hydrogens (tertiary/aromatic N) is 1. The predicted molar refractivity (Wildman–Crippen MR) is 96.0 cm³/mol. The van der Waals surface area contributed by atoms with Gasteiger partial charge in [0.25, 0.3) is 0 Å². The van der Waals surface area contributed by atoms with E-state index in [0.29, 0.717) is 32.2 Å². The first-order valence-corrected chi connectivity index (χ1v) is 9.41. The van der Waals surface area contributed by atoms with Crippen molar-refractivity contribution >= 4 is 28.6 Å². The molecule has 7 heteroatoms. The van der Waals surface area contributed by atoms with Gasteiger partial charge < -0.3 is 20.1 Å². The van der Waals surface area contributed by atoms with Gasteiger partial charge in [0.15, 0.2) is 4.11 Å². The molecule has 3 N–H and O–H groups in total. The van der Waals surface area contributed by atoms with Crippen LogP contribution < -0.4 is 0 Å². The third-order valence-electron chi connectivity index (χ3n) is 4.43. The van der Waals surface area contributed by atoms with E-state index in [1.807, 2.05) is 36.4 Å². The fraction of sp³-hybridized carbons (Fsp3) is 0.938. The molecule has 6 atom stereocenters. The molecule has 0 aromatic heterocycles. The molecule has 1 aliphatic heterocycles. The Balaban J connectivity index is 2.87. The van der Waals surface area contributed by atoms with Crippen LogP contribution in [0.1, 0.15) is 46.5 Å². The summed E-state index contributed by atoms with van der Waals surface area (Å²) in [6, 6.07) is 0. The summed E-state index contributed by atoms with van der Waals surface area (Å²) in [5, 5.41) is 30.8. The van der Waals surface area contributed by atoms with Gasteiger partial charge in [-0.1, -0.05) is 13.8 Å². The zero-order valence-electron chi connectivity index (χ0n) is 14.4. The van der Waals surface area contributed by atoms with Crippen LogP contribution in [0.5, 0.6) is 0 Å². The predicted octanol–water partition coefficient (Wildman–Crippen LogP) is 1.50. The summed E-state index contributed by atoms with van der Waals surface area (Å²) in [7, 11) is 1.70. The van der Waals surface area contributed by atoms with Crippen LogP contribution in [-0.2, 0) is 9.53 Å². The van der Waals surface area contributed by atoms with Crippen molar-refractivity contribution in [3.8, 4) is 0 Å². The highest BCUT2D eigenvalue weighted by atomic mass is 127. The van der Waals surface area contributed by atoms with Crippen LogP contribution in [0, 0.1) is 11.8 Å². The maximum Gasteiger partial charge on any atom is 0.309 e. The van der Waals surface area contributed by atoms with E-state index >= 15 is 0 Å². The highest BCUT2D eigenvalue weighted by molar-refractivity contribution is 14.1. The van der Waals surface area contributed by atoms with E-state index in [0.717, 1.165) is 0 Å². The summed E-state index contributed by atoms with van der Waals surface area (Å²) < 4.78 is 4.48. The molecule has 1 fully saturated rings. The topological polar surface area (TPSA) is 90.2 Å². The lowest BCUT2D eigenvalue weighted by molar-refractivity contribution is -0.160. The van der Waals surface area contributed by atoms with E-state index in [1.165, 1.54) is 0 Å². The lowest BCUT2D eigenvalue weighted by Crippen LogP contribution is -2.47. The Kier molecular flexibility index (Phi) is 8.19. The zero-order chi connectivity index (χ0) is 17.8. The number of ether oxygens (including phenoxy) is 1. The monoisotopic (exact) mass is 443 g/mol. The number of rotatable bonds is 0. The largest absolute Gasteiger partial charge is 0.448 e. The fourth-order valence-electron chi connectivity index (χ4n) is 3.17. The van der Waals surface area contributed by atoms with Crippen LogP contribution in [0.4, 0.5) is 0 Å². The molecule has 0 radical (unpaired) electrons. The molecule has 0 aliphatic carbocycles. The quantitative estimate of drug-likeness (QED) is 0.299. The van der Waals surface area contributed by atoms with Crippen molar-refractivity contribution in [1.82, 2.24) is 4.90 Å². The van der Waals surface area contributed by atoms with Crippen molar-refractivity contribution in [2.24, 2.45) is 11.8 Å². The first-order chi connectivity index (χ1) is 10.5. The number of alkyl halides is 1. The normalized spacial score (nSPS) is 42.8. The number of esters is 1. The molecule has 0 unspecified atom stereocenters. The van der Waals surface area contributed by atoms with Crippen LogP contribution >= 0.6 is 22.6 Å². The third kappa shape index (κ3) is 6.81. The van der Waals surface area contributed by atoms with E-state index in [2.05, 4.69) is 0 Å². The number of aliphatic hydroxyl groups is 3. The molecule has 6 nitrogen and oxygen atoms in total. The molecule has 23 heavy (non-hydrogen) atoms. The molecule has 136 valence electrons. The van der Waals surface area contributed by atoms with Crippen molar-refractivity contribution in [3.63, 3.8) is 0 Å². The number of carbonyl (C=O) groups is 1. The SMILES string of the molecule is C[C@H]1C[C@@H](C)C(=O)O[C@H](I)[C@@H](O)[C@H](O)N(C)CCC[C@@](C)(O)C1. The Morgan fingerprint density at radius 2 is 1.96 bits per heavy atom. The van der Waals surface area contributed by atoms with Gasteiger partial charge in [0.05, 0.1) is 11.5 Å². The van der Waals surface area contributed by atoms with E-state index < -0.39 is 22.0 Å². The third-order valence-corrected chi connectivity index (χ3v) is 5.42. The van der Waals surface area contributed by atoms with Gasteiger partial charge in [0, 0.05) is 6.54 Å². The molecule has 0 spiro atoms. The summed E-state index contributed by atoms with van der Waals surface area (Å²) in [6.07, 6.45) is 0.256. The van der Waals surface area contributed by atoms with Crippen molar-refractivity contribution in [3.05, 3.63) is 0 Å². The van der Waals surface area contributed by atoms with Crippen LogP contribution in [0.3, 0.4) is 0 Å². The average molecular weight is 443 g/mol. The number of carbonyl (C=O) groups excluding carboxylic acids is 1. The lowest BCUT2D eigenvalue weighted by atomic mass is 9.84. The fourth-order valence-corrected chi connectivity index (χ4v) is 3.79. The van der Waals surface area contributed by atoms with Gasteiger partial charge in [-0.3, -0.25) is 9.69 Å². The molecule has 1 rings (SSSR count). The summed E-state index contributed by atoms with van der Waals surface area (Å²) in [4.78, 5) is 13.7. The van der Waals surface area contributed by atoms with Gasteiger partial charge in [-0.15, -0.1) is 0 Å². The maximum atomic E-state index is 12.1. The maximum absolute atomic E-state index is 12.1. The lowest BCUT2D eigenvalue weighted by Gasteiger charge is -2.33. The van der Waals surface area contributed by atoms with E-state index in [4.69, 9.17) is 4.74 Å². The van der Waals surface area contributed by atoms with Gasteiger partial charge >= 0.3 is 5.97 Å². The molecule has 0 amide bonds. The number of hydrogen-bond acceptors (Lipinski definition) is 6. The van der Waals surface area contributed by atoms with Crippen LogP contribution in [-0.4, -0.2) is 61.8 Å². The molecule has 0 aromatic carbocycles. The van der Waals surface area contributed by atoms with Gasteiger partial charge in [0.1, 0.15) is 12.3 Å². The minimum Gasteiger partial charge on any atom is -0.448 e. The molecular weight excluding hydrogens is 413 g/mol. The first kappa shape index (κ1) is 21.1. The first-order valence-electron chi connectivity index (χ1n) is 8.17. The average Bonchev–Trinajstić information content (AvgIpc) is 2.43. The van der Waals surface area contributed by atoms with Crippen molar-refractivity contribution in [2.75, 3.05) is 13.6 Å².